The molecule has 1 saturated heterocycles. The summed E-state index contributed by atoms with van der Waals surface area (Å²) in [5.74, 6) is 0.460. The number of nitrogens with zero attached hydrogens (tertiary/aromatic N) is 3. The number of rotatable bonds is 5. The van der Waals surface area contributed by atoms with Crippen LogP contribution in [0.4, 0.5) is 0 Å². The van der Waals surface area contributed by atoms with Crippen LogP contribution in [0.15, 0.2) is 17.6 Å². The van der Waals surface area contributed by atoms with Gasteiger partial charge in [-0.25, -0.2) is 13.4 Å². The molecule has 1 atom stereocenters. The van der Waals surface area contributed by atoms with Crippen LogP contribution in [0, 0.1) is 5.92 Å². The molecular formula is C12H23ClN4O2S. The van der Waals surface area contributed by atoms with Crippen molar-refractivity contribution in [2.75, 3.05) is 20.1 Å². The summed E-state index contributed by atoms with van der Waals surface area (Å²) in [6, 6.07) is 0.0280. The topological polar surface area (TPSA) is 67.2 Å². The molecule has 2 heterocycles. The van der Waals surface area contributed by atoms with Crippen molar-refractivity contribution in [2.45, 2.75) is 37.9 Å². The minimum absolute atomic E-state index is 0. The number of nitrogens with one attached hydrogen (secondary N) is 1. The van der Waals surface area contributed by atoms with Crippen LogP contribution in [-0.2, 0) is 16.6 Å². The van der Waals surface area contributed by atoms with Gasteiger partial charge in [0.1, 0.15) is 0 Å². The summed E-state index contributed by atoms with van der Waals surface area (Å²) in [5.41, 5.74) is 0. The van der Waals surface area contributed by atoms with E-state index in [9.17, 15) is 8.42 Å². The smallest absolute Gasteiger partial charge is 0.262 e. The average Bonchev–Trinajstić information content (AvgIpc) is 2.96. The van der Waals surface area contributed by atoms with E-state index in [0.717, 1.165) is 19.5 Å². The molecule has 6 nitrogen and oxygen atoms in total. The zero-order valence-electron chi connectivity index (χ0n) is 12.1. The first kappa shape index (κ1) is 17.4. The molecule has 0 amide bonds. The third-order valence-electron chi connectivity index (χ3n) is 3.38. The Morgan fingerprint density at radius 3 is 2.80 bits per heavy atom. The van der Waals surface area contributed by atoms with Crippen LogP contribution in [0.2, 0.25) is 0 Å². The van der Waals surface area contributed by atoms with Crippen LogP contribution in [-0.4, -0.2) is 48.5 Å². The van der Waals surface area contributed by atoms with Gasteiger partial charge in [-0.15, -0.1) is 12.4 Å². The van der Waals surface area contributed by atoms with Gasteiger partial charge in [-0.05, 0) is 18.9 Å². The molecule has 1 aromatic heterocycles. The minimum Gasteiger partial charge on any atom is -0.336 e. The highest BCUT2D eigenvalue weighted by Crippen LogP contribution is 2.18. The Balaban J connectivity index is 0.00000200. The van der Waals surface area contributed by atoms with E-state index in [1.807, 2.05) is 4.57 Å². The lowest BCUT2D eigenvalue weighted by Gasteiger charge is -2.21. The summed E-state index contributed by atoms with van der Waals surface area (Å²) in [7, 11) is -1.84. The Hall–Kier alpha value is -0.630. The first-order valence-electron chi connectivity index (χ1n) is 6.62. The number of hydrogen-bond acceptors (Lipinski definition) is 4. The lowest BCUT2D eigenvalue weighted by Crippen LogP contribution is -2.38. The predicted octanol–water partition coefficient (Wildman–Crippen LogP) is 0.943. The molecule has 20 heavy (non-hydrogen) atoms. The van der Waals surface area contributed by atoms with Gasteiger partial charge in [0, 0.05) is 32.4 Å². The van der Waals surface area contributed by atoms with Crippen LogP contribution >= 0.6 is 12.4 Å². The molecule has 1 aliphatic rings. The number of hydrogen-bond donors (Lipinski definition) is 1. The number of aromatic nitrogens is 2. The van der Waals surface area contributed by atoms with Crippen LogP contribution in [0.25, 0.3) is 0 Å². The molecule has 1 unspecified atom stereocenters. The molecule has 1 fully saturated rings. The summed E-state index contributed by atoms with van der Waals surface area (Å²) in [5, 5.41) is 3.32. The molecular weight excluding hydrogens is 300 g/mol. The maximum absolute atomic E-state index is 12.4. The van der Waals surface area contributed by atoms with Gasteiger partial charge in [0.05, 0.1) is 6.33 Å². The fourth-order valence-corrected chi connectivity index (χ4v) is 3.60. The van der Waals surface area contributed by atoms with E-state index in [0.29, 0.717) is 12.5 Å². The predicted molar refractivity (Wildman–Crippen MR) is 80.5 cm³/mol. The maximum atomic E-state index is 12.4. The lowest BCUT2D eigenvalue weighted by molar-refractivity contribution is 0.386. The van der Waals surface area contributed by atoms with Gasteiger partial charge in [-0.3, -0.25) is 0 Å². The maximum Gasteiger partial charge on any atom is 0.262 e. The molecule has 0 bridgehead atoms. The van der Waals surface area contributed by atoms with Gasteiger partial charge < -0.3 is 9.88 Å². The van der Waals surface area contributed by atoms with Gasteiger partial charge in [-0.2, -0.15) is 4.31 Å². The van der Waals surface area contributed by atoms with Crippen molar-refractivity contribution < 1.29 is 8.42 Å². The SMILES string of the molecule is CC(C)Cn1cnc(S(=O)(=O)N(C)C2CCNC2)c1.Cl. The molecule has 0 spiro atoms. The quantitative estimate of drug-likeness (QED) is 0.876. The number of likely N-dealkylation sites (N-methyl/N-ethyl adjacent to an activating group) is 1. The Kier molecular flexibility index (Phi) is 6.00. The molecule has 8 heteroatoms. The highest BCUT2D eigenvalue weighted by atomic mass is 35.5. The van der Waals surface area contributed by atoms with E-state index >= 15 is 0 Å². The molecule has 0 radical (unpaired) electrons. The van der Waals surface area contributed by atoms with Gasteiger partial charge >= 0.3 is 0 Å². The van der Waals surface area contributed by atoms with Crippen molar-refractivity contribution in [1.82, 2.24) is 19.2 Å². The van der Waals surface area contributed by atoms with Gasteiger partial charge in [0.25, 0.3) is 10.0 Å². The molecule has 1 aliphatic heterocycles. The molecule has 2 rings (SSSR count). The number of imidazole rings is 1. The zero-order chi connectivity index (χ0) is 14.0. The molecule has 1 aromatic rings. The Morgan fingerprint density at radius 1 is 1.55 bits per heavy atom. The van der Waals surface area contributed by atoms with E-state index in [2.05, 4.69) is 24.1 Å². The second-order valence-corrected chi connectivity index (χ2v) is 7.41. The molecule has 0 aliphatic carbocycles. The highest BCUT2D eigenvalue weighted by Gasteiger charge is 2.31. The largest absolute Gasteiger partial charge is 0.336 e. The normalized spacial score (nSPS) is 19.6. The third-order valence-corrected chi connectivity index (χ3v) is 5.17. The highest BCUT2D eigenvalue weighted by molar-refractivity contribution is 7.89. The first-order chi connectivity index (χ1) is 8.91. The number of sulfonamides is 1. The molecule has 0 aromatic carbocycles. The fraction of sp³-hybridized carbons (Fsp3) is 0.750. The van der Waals surface area contributed by atoms with Crippen LogP contribution in [0.3, 0.4) is 0 Å². The van der Waals surface area contributed by atoms with Crippen LogP contribution in [0.5, 0.6) is 0 Å². The lowest BCUT2D eigenvalue weighted by atomic mass is 10.2. The summed E-state index contributed by atoms with van der Waals surface area (Å²) in [4.78, 5) is 4.05. The second kappa shape index (κ2) is 6.89. The number of halogens is 1. The standard InChI is InChI=1S/C12H22N4O2S.ClH/c1-10(2)7-16-8-12(14-9-16)19(17,18)15(3)11-4-5-13-6-11;/h8-11,13H,4-7H2,1-3H3;1H. The summed E-state index contributed by atoms with van der Waals surface area (Å²) >= 11 is 0. The summed E-state index contributed by atoms with van der Waals surface area (Å²) in [6.45, 7) is 6.53. The van der Waals surface area contributed by atoms with E-state index < -0.39 is 10.0 Å². The van der Waals surface area contributed by atoms with Crippen molar-refractivity contribution >= 4 is 22.4 Å². The monoisotopic (exact) mass is 322 g/mol. The van der Waals surface area contributed by atoms with E-state index in [4.69, 9.17) is 0 Å². The van der Waals surface area contributed by atoms with Crippen molar-refractivity contribution in [1.29, 1.82) is 0 Å². The van der Waals surface area contributed by atoms with Crippen molar-refractivity contribution in [2.24, 2.45) is 5.92 Å². The Bertz CT molecular complexity index is 523. The van der Waals surface area contributed by atoms with Crippen molar-refractivity contribution in [3.63, 3.8) is 0 Å². The first-order valence-corrected chi connectivity index (χ1v) is 8.06. The second-order valence-electron chi connectivity index (χ2n) is 5.47. The molecule has 116 valence electrons. The minimum atomic E-state index is -3.48. The fourth-order valence-electron chi connectivity index (χ4n) is 2.29. The molecule has 1 N–H and O–H groups in total. The summed E-state index contributed by atoms with van der Waals surface area (Å²) in [6.07, 6.45) is 4.06. The average molecular weight is 323 g/mol. The van der Waals surface area contributed by atoms with Crippen LogP contribution in [0.1, 0.15) is 20.3 Å². The zero-order valence-corrected chi connectivity index (χ0v) is 13.7. The van der Waals surface area contributed by atoms with E-state index in [-0.39, 0.29) is 23.5 Å². The van der Waals surface area contributed by atoms with Gasteiger partial charge in [-0.1, -0.05) is 13.8 Å². The van der Waals surface area contributed by atoms with Gasteiger partial charge in [0.15, 0.2) is 5.03 Å². The molecule has 0 saturated carbocycles. The third kappa shape index (κ3) is 3.72. The Morgan fingerprint density at radius 2 is 2.25 bits per heavy atom. The van der Waals surface area contributed by atoms with Crippen LogP contribution < -0.4 is 5.32 Å². The van der Waals surface area contributed by atoms with Gasteiger partial charge in [0.2, 0.25) is 0 Å². The Labute approximate surface area is 127 Å². The van der Waals surface area contributed by atoms with E-state index in [1.54, 1.807) is 19.6 Å². The summed E-state index contributed by atoms with van der Waals surface area (Å²) < 4.78 is 28.2. The van der Waals surface area contributed by atoms with Crippen molar-refractivity contribution in [3.8, 4) is 0 Å². The van der Waals surface area contributed by atoms with E-state index in [1.165, 1.54) is 4.31 Å². The van der Waals surface area contributed by atoms with Crippen molar-refractivity contribution in [3.05, 3.63) is 12.5 Å².